The van der Waals surface area contributed by atoms with Crippen LogP contribution in [-0.4, -0.2) is 13.2 Å². The van der Waals surface area contributed by atoms with E-state index >= 15 is 0 Å². The number of hydrogen-bond donors (Lipinski definition) is 0. The van der Waals surface area contributed by atoms with E-state index in [1.54, 1.807) is 12.2 Å². The summed E-state index contributed by atoms with van der Waals surface area (Å²) in [6.45, 7) is 9.58. The molecule has 40 heavy (non-hydrogen) atoms. The van der Waals surface area contributed by atoms with Crippen molar-refractivity contribution in [3.05, 3.63) is 156 Å². The summed E-state index contributed by atoms with van der Waals surface area (Å²) >= 11 is 0. The second-order valence-electron chi connectivity index (χ2n) is 9.34. The van der Waals surface area contributed by atoms with Gasteiger partial charge in [0.15, 0.2) is 0 Å². The molecule has 0 atom stereocenters. The van der Waals surface area contributed by atoms with Gasteiger partial charge in [-0.1, -0.05) is 109 Å². The van der Waals surface area contributed by atoms with Crippen molar-refractivity contribution in [1.29, 1.82) is 0 Å². The monoisotopic (exact) mass is 518 g/mol. The second kappa shape index (κ2) is 13.3. The topological polar surface area (TPSA) is 18.5 Å². The van der Waals surface area contributed by atoms with Gasteiger partial charge in [-0.3, -0.25) is 0 Å². The van der Waals surface area contributed by atoms with Crippen molar-refractivity contribution < 1.29 is 9.47 Å². The molecule has 0 fully saturated rings. The maximum Gasteiger partial charge on any atom is 0.0721 e. The number of rotatable bonds is 8. The predicted molar refractivity (Wildman–Crippen MR) is 166 cm³/mol. The van der Waals surface area contributed by atoms with Crippen LogP contribution in [0.25, 0.3) is 21.5 Å². The van der Waals surface area contributed by atoms with E-state index in [9.17, 15) is 0 Å². The van der Waals surface area contributed by atoms with Crippen LogP contribution in [0, 0.1) is 23.7 Å². The van der Waals surface area contributed by atoms with E-state index in [1.165, 1.54) is 0 Å². The van der Waals surface area contributed by atoms with Gasteiger partial charge in [0.1, 0.15) is 0 Å². The minimum atomic E-state index is 0.542. The van der Waals surface area contributed by atoms with Gasteiger partial charge in [0.25, 0.3) is 0 Å². The highest BCUT2D eigenvalue weighted by Gasteiger charge is 2.11. The molecule has 5 aromatic rings. The number of hydrogen-bond acceptors (Lipinski definition) is 2. The largest absolute Gasteiger partial charge is 0.373 e. The summed E-state index contributed by atoms with van der Waals surface area (Å²) in [5.41, 5.74) is 6.17. The van der Waals surface area contributed by atoms with Crippen molar-refractivity contribution >= 4 is 21.5 Å². The minimum absolute atomic E-state index is 0.542. The highest BCUT2D eigenvalue weighted by Crippen LogP contribution is 2.32. The summed E-state index contributed by atoms with van der Waals surface area (Å²) in [4.78, 5) is 0. The fraction of sp³-hybridized carbons (Fsp3) is 0.105. The maximum atomic E-state index is 5.54. The third-order valence-electron chi connectivity index (χ3n) is 6.51. The first kappa shape index (κ1) is 26.7. The van der Waals surface area contributed by atoms with E-state index in [2.05, 4.69) is 110 Å². The molecule has 0 unspecified atom stereocenters. The van der Waals surface area contributed by atoms with Crippen LogP contribution in [0.15, 0.2) is 122 Å². The van der Waals surface area contributed by atoms with Crippen LogP contribution in [0.1, 0.15) is 33.4 Å². The third kappa shape index (κ3) is 6.40. The number of ether oxygens (including phenoxy) is 2. The fourth-order valence-electron chi connectivity index (χ4n) is 4.56. The van der Waals surface area contributed by atoms with E-state index in [4.69, 9.17) is 9.47 Å². The Kier molecular flexibility index (Phi) is 8.87. The van der Waals surface area contributed by atoms with Crippen molar-refractivity contribution in [2.45, 2.75) is 13.2 Å². The van der Waals surface area contributed by atoms with Crippen LogP contribution >= 0.6 is 0 Å². The molecular formula is C38H30O2. The first-order valence-corrected chi connectivity index (χ1v) is 13.3. The summed E-state index contributed by atoms with van der Waals surface area (Å²) in [6.07, 6.45) is 3.51. The Morgan fingerprint density at radius 2 is 0.825 bits per heavy atom. The lowest BCUT2D eigenvalue weighted by atomic mass is 9.92. The average molecular weight is 519 g/mol. The first-order chi connectivity index (χ1) is 19.8. The zero-order chi connectivity index (χ0) is 27.6. The lowest BCUT2D eigenvalue weighted by Gasteiger charge is -2.10. The summed E-state index contributed by atoms with van der Waals surface area (Å²) in [7, 11) is 0. The number of fused-ring (bicyclic) bond motifs is 2. The Morgan fingerprint density at radius 3 is 1.15 bits per heavy atom. The lowest BCUT2D eigenvalue weighted by molar-refractivity contribution is 0.149. The Labute approximate surface area is 236 Å². The lowest BCUT2D eigenvalue weighted by Crippen LogP contribution is -1.92. The molecule has 0 aliphatic carbocycles. The van der Waals surface area contributed by atoms with Crippen molar-refractivity contribution in [3.63, 3.8) is 0 Å². The smallest absolute Gasteiger partial charge is 0.0721 e. The van der Waals surface area contributed by atoms with Crippen LogP contribution < -0.4 is 0 Å². The van der Waals surface area contributed by atoms with E-state index in [0.717, 1.165) is 54.9 Å². The Balaban J connectivity index is 1.51. The van der Waals surface area contributed by atoms with Crippen molar-refractivity contribution in [2.24, 2.45) is 0 Å². The van der Waals surface area contributed by atoms with Gasteiger partial charge in [-0.25, -0.2) is 0 Å². The minimum Gasteiger partial charge on any atom is -0.373 e. The maximum absolute atomic E-state index is 5.54. The van der Waals surface area contributed by atoms with Gasteiger partial charge in [0.2, 0.25) is 0 Å². The quantitative estimate of drug-likeness (QED) is 0.0892. The molecule has 0 heterocycles. The summed E-state index contributed by atoms with van der Waals surface area (Å²) in [6, 6.07) is 33.2. The van der Waals surface area contributed by atoms with Gasteiger partial charge < -0.3 is 9.47 Å². The highest BCUT2D eigenvalue weighted by atomic mass is 16.5. The van der Waals surface area contributed by atoms with Crippen molar-refractivity contribution in [2.75, 3.05) is 13.2 Å². The number of benzene rings is 5. The van der Waals surface area contributed by atoms with Gasteiger partial charge >= 0.3 is 0 Å². The van der Waals surface area contributed by atoms with Crippen LogP contribution in [0.5, 0.6) is 0 Å². The molecule has 0 amide bonds. The van der Waals surface area contributed by atoms with Crippen molar-refractivity contribution in [1.82, 2.24) is 0 Å². The van der Waals surface area contributed by atoms with Gasteiger partial charge in [-0.05, 0) is 56.9 Å². The molecule has 0 spiro atoms. The SMILES string of the molecule is C=CCOCc1ccc(C#Cc2c3ccccc3c(C#Cc3ccc(COCC=C)cc3)c3ccccc23)cc1. The van der Waals surface area contributed by atoms with Crippen LogP contribution in [-0.2, 0) is 22.7 Å². The summed E-state index contributed by atoms with van der Waals surface area (Å²) in [5, 5.41) is 4.40. The molecule has 5 aromatic carbocycles. The molecule has 0 N–H and O–H groups in total. The standard InChI is InChI=1S/C38H30O2/c1-3-25-39-27-31-17-13-29(14-18-31)21-23-37-33-9-5-7-11-35(33)38(36-12-8-6-10-34(36)37)24-22-30-15-19-32(20-16-30)28-40-26-4-2/h3-20H,1-2,25-28H2. The van der Waals surface area contributed by atoms with E-state index in [0.29, 0.717) is 26.4 Å². The van der Waals surface area contributed by atoms with Gasteiger partial charge in [-0.15, -0.1) is 13.2 Å². The van der Waals surface area contributed by atoms with Gasteiger partial charge in [-0.2, -0.15) is 0 Å². The molecule has 2 nitrogen and oxygen atoms in total. The van der Waals surface area contributed by atoms with E-state index < -0.39 is 0 Å². The van der Waals surface area contributed by atoms with E-state index in [-0.39, 0.29) is 0 Å². The zero-order valence-electron chi connectivity index (χ0n) is 22.5. The molecule has 194 valence electrons. The van der Waals surface area contributed by atoms with Crippen LogP contribution in [0.4, 0.5) is 0 Å². The molecule has 2 heteroatoms. The second-order valence-corrected chi connectivity index (χ2v) is 9.34. The Morgan fingerprint density at radius 1 is 0.475 bits per heavy atom. The third-order valence-corrected chi connectivity index (χ3v) is 6.51. The molecule has 5 rings (SSSR count). The molecule has 0 saturated heterocycles. The van der Waals surface area contributed by atoms with Crippen molar-refractivity contribution in [3.8, 4) is 23.7 Å². The zero-order valence-corrected chi connectivity index (χ0v) is 22.5. The summed E-state index contributed by atoms with van der Waals surface area (Å²) in [5.74, 6) is 13.7. The van der Waals surface area contributed by atoms with E-state index in [1.807, 2.05) is 24.3 Å². The normalized spacial score (nSPS) is 10.4. The Hall–Kier alpha value is -4.86. The fourth-order valence-corrected chi connectivity index (χ4v) is 4.56. The molecular weight excluding hydrogens is 488 g/mol. The predicted octanol–water partition coefficient (Wildman–Crippen LogP) is 8.20. The van der Waals surface area contributed by atoms with Crippen LogP contribution in [0.3, 0.4) is 0 Å². The Bertz CT molecular complexity index is 1580. The summed E-state index contributed by atoms with van der Waals surface area (Å²) < 4.78 is 11.1. The molecule has 0 aliphatic rings. The average Bonchev–Trinajstić information content (AvgIpc) is 3.00. The molecule has 0 aromatic heterocycles. The molecule has 0 radical (unpaired) electrons. The highest BCUT2D eigenvalue weighted by molar-refractivity contribution is 6.09. The molecule has 0 aliphatic heterocycles. The van der Waals surface area contributed by atoms with Crippen LogP contribution in [0.2, 0.25) is 0 Å². The molecule has 0 saturated carbocycles. The first-order valence-electron chi connectivity index (χ1n) is 13.3. The molecule has 0 bridgehead atoms. The van der Waals surface area contributed by atoms with Gasteiger partial charge in [0.05, 0.1) is 26.4 Å². The van der Waals surface area contributed by atoms with Gasteiger partial charge in [0, 0.05) is 22.3 Å².